The van der Waals surface area contributed by atoms with Crippen molar-refractivity contribution in [3.63, 3.8) is 0 Å². The van der Waals surface area contributed by atoms with Crippen molar-refractivity contribution in [2.45, 2.75) is 44.8 Å². The summed E-state index contributed by atoms with van der Waals surface area (Å²) in [4.78, 5) is 14.1. The summed E-state index contributed by atoms with van der Waals surface area (Å²) in [6.45, 7) is 4.39. The number of hydrogen-bond acceptors (Lipinski definition) is 3. The van der Waals surface area contributed by atoms with E-state index in [1.54, 1.807) is 0 Å². The monoisotopic (exact) mass is 226 g/mol. The Morgan fingerprint density at radius 1 is 1.38 bits per heavy atom. The molecule has 2 N–H and O–H groups in total. The van der Waals surface area contributed by atoms with Crippen molar-refractivity contribution >= 4 is 5.91 Å². The minimum absolute atomic E-state index is 0.0243. The standard InChI is InChI=1S/C12H22N2O2/c1-9-8-14(7-5-11(9)15)12(16)10-4-2-3-6-13-10/h9-11,13,15H,2-8H2,1H3/t9?,10-,11?/m0/s1. The van der Waals surface area contributed by atoms with Gasteiger partial charge in [0.2, 0.25) is 5.91 Å². The second kappa shape index (κ2) is 5.15. The van der Waals surface area contributed by atoms with Crippen molar-refractivity contribution in [3.8, 4) is 0 Å². The molecule has 2 fully saturated rings. The number of nitrogens with one attached hydrogen (secondary N) is 1. The van der Waals surface area contributed by atoms with Gasteiger partial charge in [-0.15, -0.1) is 0 Å². The summed E-state index contributed by atoms with van der Waals surface area (Å²) in [6, 6.07) is 0.0243. The average Bonchev–Trinajstić information content (AvgIpc) is 2.33. The number of carbonyl (C=O) groups excluding carboxylic acids is 1. The van der Waals surface area contributed by atoms with E-state index in [-0.39, 0.29) is 24.0 Å². The van der Waals surface area contributed by atoms with E-state index < -0.39 is 0 Å². The van der Waals surface area contributed by atoms with Gasteiger partial charge < -0.3 is 15.3 Å². The Bertz CT molecular complexity index is 251. The maximum atomic E-state index is 12.2. The fourth-order valence-electron chi connectivity index (χ4n) is 2.62. The van der Waals surface area contributed by atoms with Gasteiger partial charge in [0.25, 0.3) is 0 Å². The second-order valence-corrected chi connectivity index (χ2v) is 5.12. The first-order valence-corrected chi connectivity index (χ1v) is 6.38. The molecule has 0 aromatic carbocycles. The minimum atomic E-state index is -0.233. The molecule has 2 rings (SSSR count). The first kappa shape index (κ1) is 11.9. The summed E-state index contributed by atoms with van der Waals surface area (Å²) in [5.41, 5.74) is 0. The lowest BCUT2D eigenvalue weighted by Crippen LogP contribution is -2.53. The number of piperidine rings is 2. The van der Waals surface area contributed by atoms with E-state index in [1.807, 2.05) is 11.8 Å². The van der Waals surface area contributed by atoms with Gasteiger partial charge >= 0.3 is 0 Å². The Morgan fingerprint density at radius 2 is 2.19 bits per heavy atom. The molecule has 1 amide bonds. The first-order chi connectivity index (χ1) is 7.68. The van der Waals surface area contributed by atoms with E-state index in [1.165, 1.54) is 6.42 Å². The Balaban J connectivity index is 1.89. The number of hydrogen-bond donors (Lipinski definition) is 2. The lowest BCUT2D eigenvalue weighted by molar-refractivity contribution is -0.137. The molecule has 92 valence electrons. The van der Waals surface area contributed by atoms with E-state index >= 15 is 0 Å². The molecule has 0 radical (unpaired) electrons. The van der Waals surface area contributed by atoms with Crippen LogP contribution in [0.1, 0.15) is 32.6 Å². The van der Waals surface area contributed by atoms with E-state index in [4.69, 9.17) is 0 Å². The van der Waals surface area contributed by atoms with Crippen LogP contribution in [0.25, 0.3) is 0 Å². The van der Waals surface area contributed by atoms with Gasteiger partial charge in [-0.1, -0.05) is 13.3 Å². The van der Waals surface area contributed by atoms with Crippen LogP contribution < -0.4 is 5.32 Å². The normalized spacial score (nSPS) is 36.1. The van der Waals surface area contributed by atoms with Crippen molar-refractivity contribution in [2.75, 3.05) is 19.6 Å². The van der Waals surface area contributed by atoms with Gasteiger partial charge in [-0.25, -0.2) is 0 Å². The van der Waals surface area contributed by atoms with Crippen LogP contribution in [0.2, 0.25) is 0 Å². The van der Waals surface area contributed by atoms with Crippen molar-refractivity contribution in [2.24, 2.45) is 5.92 Å². The highest BCUT2D eigenvalue weighted by atomic mass is 16.3. The zero-order valence-electron chi connectivity index (χ0n) is 9.98. The van der Waals surface area contributed by atoms with Crippen LogP contribution in [-0.4, -0.2) is 47.7 Å². The molecule has 0 aromatic rings. The minimum Gasteiger partial charge on any atom is -0.393 e. The number of likely N-dealkylation sites (tertiary alicyclic amines) is 1. The second-order valence-electron chi connectivity index (χ2n) is 5.12. The molecule has 0 aromatic heterocycles. The summed E-state index contributed by atoms with van der Waals surface area (Å²) < 4.78 is 0. The van der Waals surface area contributed by atoms with E-state index in [9.17, 15) is 9.90 Å². The quantitative estimate of drug-likeness (QED) is 0.678. The number of rotatable bonds is 1. The molecular weight excluding hydrogens is 204 g/mol. The van der Waals surface area contributed by atoms with Gasteiger partial charge in [0.05, 0.1) is 12.1 Å². The number of aliphatic hydroxyl groups is 1. The average molecular weight is 226 g/mol. The molecule has 2 unspecified atom stereocenters. The van der Waals surface area contributed by atoms with Crippen molar-refractivity contribution < 1.29 is 9.90 Å². The van der Waals surface area contributed by atoms with E-state index in [0.717, 1.165) is 25.8 Å². The number of amides is 1. The fraction of sp³-hybridized carbons (Fsp3) is 0.917. The van der Waals surface area contributed by atoms with Gasteiger partial charge in [0, 0.05) is 13.1 Å². The van der Waals surface area contributed by atoms with Gasteiger partial charge in [-0.3, -0.25) is 4.79 Å². The highest BCUT2D eigenvalue weighted by Gasteiger charge is 2.31. The molecule has 0 bridgehead atoms. The topological polar surface area (TPSA) is 52.6 Å². The Kier molecular flexibility index (Phi) is 3.82. The number of carbonyl (C=O) groups is 1. The third-order valence-corrected chi connectivity index (χ3v) is 3.78. The third-order valence-electron chi connectivity index (χ3n) is 3.78. The molecule has 2 saturated heterocycles. The van der Waals surface area contributed by atoms with E-state index in [2.05, 4.69) is 5.32 Å². The Hall–Kier alpha value is -0.610. The predicted octanol–water partition coefficient (Wildman–Crippen LogP) is 0.358. The molecular formula is C12H22N2O2. The zero-order valence-corrected chi connectivity index (χ0v) is 9.98. The molecule has 0 saturated carbocycles. The van der Waals surface area contributed by atoms with Crippen LogP contribution in [0.3, 0.4) is 0 Å². The highest BCUT2D eigenvalue weighted by Crippen LogP contribution is 2.19. The molecule has 4 heteroatoms. The maximum absolute atomic E-state index is 12.2. The molecule has 0 spiro atoms. The van der Waals surface area contributed by atoms with Crippen LogP contribution in [-0.2, 0) is 4.79 Å². The van der Waals surface area contributed by atoms with Crippen LogP contribution in [0.4, 0.5) is 0 Å². The largest absolute Gasteiger partial charge is 0.393 e. The van der Waals surface area contributed by atoms with Crippen LogP contribution in [0.15, 0.2) is 0 Å². The summed E-state index contributed by atoms with van der Waals surface area (Å²) in [5.74, 6) is 0.444. The van der Waals surface area contributed by atoms with E-state index in [0.29, 0.717) is 13.1 Å². The maximum Gasteiger partial charge on any atom is 0.239 e. The zero-order chi connectivity index (χ0) is 11.5. The summed E-state index contributed by atoms with van der Waals surface area (Å²) >= 11 is 0. The molecule has 16 heavy (non-hydrogen) atoms. The number of nitrogens with zero attached hydrogens (tertiary/aromatic N) is 1. The summed E-state index contributed by atoms with van der Waals surface area (Å²) in [7, 11) is 0. The molecule has 4 nitrogen and oxygen atoms in total. The fourth-order valence-corrected chi connectivity index (χ4v) is 2.62. The molecule has 2 aliphatic rings. The number of aliphatic hydroxyl groups excluding tert-OH is 1. The molecule has 3 atom stereocenters. The SMILES string of the molecule is CC1CN(C(=O)[C@@H]2CCCCN2)CCC1O. The Morgan fingerprint density at radius 3 is 2.81 bits per heavy atom. The van der Waals surface area contributed by atoms with Gasteiger partial charge in [-0.2, -0.15) is 0 Å². The van der Waals surface area contributed by atoms with Crippen molar-refractivity contribution in [1.29, 1.82) is 0 Å². The van der Waals surface area contributed by atoms with Gasteiger partial charge in [-0.05, 0) is 31.7 Å². The predicted molar refractivity (Wildman–Crippen MR) is 62.0 cm³/mol. The van der Waals surface area contributed by atoms with Gasteiger partial charge in [0.15, 0.2) is 0 Å². The van der Waals surface area contributed by atoms with Gasteiger partial charge in [0.1, 0.15) is 0 Å². The summed E-state index contributed by atoms with van der Waals surface area (Å²) in [6.07, 6.45) is 3.78. The van der Waals surface area contributed by atoms with Crippen LogP contribution in [0.5, 0.6) is 0 Å². The molecule has 2 heterocycles. The third kappa shape index (κ3) is 2.55. The lowest BCUT2D eigenvalue weighted by atomic mass is 9.95. The smallest absolute Gasteiger partial charge is 0.239 e. The lowest BCUT2D eigenvalue weighted by Gasteiger charge is -2.37. The summed E-state index contributed by atoms with van der Waals surface area (Å²) in [5, 5.41) is 12.9. The van der Waals surface area contributed by atoms with Crippen LogP contribution in [0, 0.1) is 5.92 Å². The molecule has 2 aliphatic heterocycles. The van der Waals surface area contributed by atoms with Crippen LogP contribution >= 0.6 is 0 Å². The highest BCUT2D eigenvalue weighted by molar-refractivity contribution is 5.82. The Labute approximate surface area is 97.0 Å². The van der Waals surface area contributed by atoms with Crippen molar-refractivity contribution in [3.05, 3.63) is 0 Å². The molecule has 0 aliphatic carbocycles. The first-order valence-electron chi connectivity index (χ1n) is 6.38. The van der Waals surface area contributed by atoms with Crippen molar-refractivity contribution in [1.82, 2.24) is 10.2 Å².